The summed E-state index contributed by atoms with van der Waals surface area (Å²) in [6.45, 7) is 7.14. The van der Waals surface area contributed by atoms with E-state index in [2.05, 4.69) is 59.7 Å². The van der Waals surface area contributed by atoms with Gasteiger partial charge in [0.1, 0.15) is 0 Å². The number of nitrogens with two attached hydrogens (primary N) is 1. The van der Waals surface area contributed by atoms with Crippen LogP contribution in [0.3, 0.4) is 0 Å². The van der Waals surface area contributed by atoms with E-state index in [0.29, 0.717) is 28.0 Å². The fourth-order valence-electron chi connectivity index (χ4n) is 7.08. The van der Waals surface area contributed by atoms with Crippen LogP contribution in [0.1, 0.15) is 24.2 Å². The van der Waals surface area contributed by atoms with Crippen molar-refractivity contribution in [2.24, 2.45) is 0 Å². The Morgan fingerprint density at radius 3 is 2.29 bits per heavy atom. The summed E-state index contributed by atoms with van der Waals surface area (Å²) in [4.78, 5) is 45.5. The van der Waals surface area contributed by atoms with Crippen LogP contribution in [-0.2, 0) is 0 Å². The van der Waals surface area contributed by atoms with E-state index in [0.717, 1.165) is 40.0 Å². The molecule has 1 aliphatic rings. The van der Waals surface area contributed by atoms with Crippen molar-refractivity contribution in [2.45, 2.75) is 39.7 Å². The number of anilines is 2. The van der Waals surface area contributed by atoms with Gasteiger partial charge in [0.15, 0.2) is 0 Å². The number of aromatic nitrogens is 6. The molecule has 49 heavy (non-hydrogen) atoms. The number of pyridine rings is 1. The van der Waals surface area contributed by atoms with Crippen molar-refractivity contribution in [1.29, 1.82) is 0 Å². The van der Waals surface area contributed by atoms with Crippen molar-refractivity contribution in [3.63, 3.8) is 0 Å². The average molecular weight is 896 g/mol. The van der Waals surface area contributed by atoms with Gasteiger partial charge in [-0.15, -0.1) is 0 Å². The number of carbonyl (C=O) groups excluding carboxylic acids is 2. The summed E-state index contributed by atoms with van der Waals surface area (Å²) in [6.07, 6.45) is 1.13. The van der Waals surface area contributed by atoms with E-state index >= 15 is 0 Å². The molecule has 4 N–H and O–H groups in total. The third-order valence-electron chi connectivity index (χ3n) is 10.3. The molecular formula is C34H47N11O3U. The monoisotopic (exact) mass is 895 g/mol. The molecule has 5 aromatic rings. The van der Waals surface area contributed by atoms with E-state index in [1.165, 1.54) is 0 Å². The summed E-state index contributed by atoms with van der Waals surface area (Å²) < 4.78 is 22.2. The maximum atomic E-state index is 14.8. The van der Waals surface area contributed by atoms with Crippen LogP contribution in [0.25, 0.3) is 22.1 Å². The average Bonchev–Trinajstić information content (AvgIpc) is 3.47. The minimum atomic E-state index is -6.93. The number of nitrogens with zero attached hydrogens (tertiary/aromatic N) is 8. The van der Waals surface area contributed by atoms with E-state index in [4.69, 9.17) is 20.7 Å². The molecular weight excluding hydrogens is 848 g/mol. The molecule has 1 aliphatic heterocycles. The number of likely N-dealkylation sites (N-methyl/N-ethyl adjacent to an activating group) is 1. The molecule has 0 spiro atoms. The number of ether oxygens (including phenoxy) is 1. The number of benzene rings is 2. The molecule has 260 valence electrons. The predicted octanol–water partition coefficient (Wildman–Crippen LogP) is 4.57. The number of nitrogens with one attached hydrogen (secondary N) is 2. The molecule has 0 unspecified atom stereocenters. The molecule has 2 aromatic carbocycles. The van der Waals surface area contributed by atoms with Crippen molar-refractivity contribution in [3.8, 4) is 5.75 Å². The van der Waals surface area contributed by atoms with Crippen LogP contribution in [0.5, 0.6) is 5.75 Å². The van der Waals surface area contributed by atoms with Gasteiger partial charge in [0.25, 0.3) is 0 Å². The van der Waals surface area contributed by atoms with Gasteiger partial charge in [-0.2, -0.15) is 0 Å². The van der Waals surface area contributed by atoms with Crippen molar-refractivity contribution >= 4 is 48.4 Å². The van der Waals surface area contributed by atoms with Gasteiger partial charge in [0.05, 0.1) is 0 Å². The van der Waals surface area contributed by atoms with E-state index in [9.17, 15) is 9.59 Å². The van der Waals surface area contributed by atoms with Gasteiger partial charge in [-0.1, -0.05) is 0 Å². The Kier molecular flexibility index (Phi) is 6.82. The fourth-order valence-corrected chi connectivity index (χ4v) is 32.7. The number of rotatable bonds is 7. The Hall–Kier alpha value is -4.32. The molecule has 2 amide bonds. The van der Waals surface area contributed by atoms with Crippen molar-refractivity contribution in [2.75, 3.05) is 43.9 Å². The Bertz CT molecular complexity index is 2190. The molecule has 15 heteroatoms. The number of fused-ring (bicyclic) bond motifs is 2. The Labute approximate surface area is 275 Å². The van der Waals surface area contributed by atoms with Crippen LogP contribution < -0.4 is 25.9 Å². The number of carbonyl (C=O) groups is 2. The van der Waals surface area contributed by atoms with Gasteiger partial charge >= 0.3 is 277 Å². The van der Waals surface area contributed by atoms with Crippen molar-refractivity contribution in [3.05, 3.63) is 66.4 Å². The maximum absolute atomic E-state index is 14.8. The Morgan fingerprint density at radius 1 is 0.918 bits per heavy atom. The molecule has 14 nitrogen and oxygen atoms in total. The third kappa shape index (κ3) is 5.87. The molecule has 3 aromatic heterocycles. The summed E-state index contributed by atoms with van der Waals surface area (Å²) in [6, 6.07) is 16.2. The molecule has 0 bridgehead atoms. The normalized spacial score (nSPS) is 17.5. The van der Waals surface area contributed by atoms with Gasteiger partial charge < -0.3 is 0 Å². The first kappa shape index (κ1) is 34.5. The SMILES string of the molecule is CC(C)NC(=O)Oc1cc[c]([U]([CH3])([CH3])([CH3])([CH3])([CH3])([NH]C(=O)c2ccc3c(N4CCN(C)CC4)nc(N)nc3c2)[n]2nnc3cccnc32)cc1. The first-order chi connectivity index (χ1) is 22.6. The molecule has 0 atom stereocenters. The number of hydrogen-bond acceptors (Lipinski definition) is 11. The zero-order valence-electron chi connectivity index (χ0n) is 29.6. The Morgan fingerprint density at radius 2 is 1.61 bits per heavy atom. The van der Waals surface area contributed by atoms with Crippen LogP contribution in [0, 0.1) is 18.2 Å². The van der Waals surface area contributed by atoms with E-state index in [-0.39, 0.29) is 17.9 Å². The third-order valence-corrected chi connectivity index (χ3v) is 44.9. The van der Waals surface area contributed by atoms with Gasteiger partial charge in [-0.25, -0.2) is 0 Å². The summed E-state index contributed by atoms with van der Waals surface area (Å²) >= 11 is -6.93. The second-order valence-electron chi connectivity index (χ2n) is 19.4. The second-order valence-corrected chi connectivity index (χ2v) is 99.3. The topological polar surface area (TPSA) is 169 Å². The van der Waals surface area contributed by atoms with Gasteiger partial charge in [-0.3, -0.25) is 0 Å². The number of hydrogen-bond donors (Lipinski definition) is 3. The standard InChI is InChI=1S/C14H18N6O.C10H12NO2.C5H3N4.5CH3.U/c1-19-4-6-20(7-5-19)13-10-3-2-9(12(15)21)8-11(10)17-14(16)18-13;1-8(2)11-10(12)13-9-6-4-3-5-7-9;1-2-4-5(6-3-1)8-9-7-4;;;;;;/h2-3,8H,4-7H2,1H3,(H4,15,16,17,18,21);4-8H,1-2H3,(H,11,12);1-3H;5*1H3;/q;;-1;;;;;;+2/p-1. The van der Waals surface area contributed by atoms with E-state index < -0.39 is 24.3 Å². The molecule has 4 heterocycles. The second kappa shape index (κ2) is 9.68. The van der Waals surface area contributed by atoms with Gasteiger partial charge in [0, 0.05) is 0 Å². The number of piperazine rings is 1. The van der Waals surface area contributed by atoms with Crippen LogP contribution in [-0.4, -0.2) is 83.4 Å². The van der Waals surface area contributed by atoms with Crippen LogP contribution >= 0.6 is 0 Å². The molecule has 6 rings (SSSR count). The van der Waals surface area contributed by atoms with Gasteiger partial charge in [-0.05, 0) is 0 Å². The number of amides is 2. The van der Waals surface area contributed by atoms with Crippen LogP contribution in [0.15, 0.2) is 60.8 Å². The minimum absolute atomic E-state index is 0.0830. The van der Waals surface area contributed by atoms with E-state index in [1.807, 2.05) is 40.1 Å². The quantitative estimate of drug-likeness (QED) is 0.209. The first-order valence-electron chi connectivity index (χ1n) is 16.7. The molecule has 1 fully saturated rings. The van der Waals surface area contributed by atoms with Crippen LogP contribution in [0.2, 0.25) is 19.8 Å². The summed E-state index contributed by atoms with van der Waals surface area (Å²) in [5, 5.41) is 12.8. The predicted molar refractivity (Wildman–Crippen MR) is 192 cm³/mol. The summed E-state index contributed by atoms with van der Waals surface area (Å²) in [7, 11) is 2.10. The zero-order chi connectivity index (χ0) is 35.6. The molecule has 0 saturated carbocycles. The Balaban J connectivity index is 1.50. The summed E-state index contributed by atoms with van der Waals surface area (Å²) in [5.41, 5.74) is 8.28. The molecule has 0 aliphatic carbocycles. The summed E-state index contributed by atoms with van der Waals surface area (Å²) in [5.74, 6) is 0.905. The molecule has 0 radical (unpaired) electrons. The fraction of sp³-hybridized carbons (Fsp3) is 0.382. The van der Waals surface area contributed by atoms with Crippen molar-refractivity contribution < 1.29 is 32.6 Å². The zero-order valence-corrected chi connectivity index (χ0v) is 33.7. The first-order valence-corrected chi connectivity index (χ1v) is 43.5. The van der Waals surface area contributed by atoms with Crippen LogP contribution in [0.4, 0.5) is 16.6 Å². The number of nitrogen functional groups attached to an aromatic ring is 1. The van der Waals surface area contributed by atoms with E-state index in [1.54, 1.807) is 36.5 Å². The molecule has 1 saturated heterocycles. The van der Waals surface area contributed by atoms with Gasteiger partial charge in [0.2, 0.25) is 0 Å². The van der Waals surface area contributed by atoms with Crippen molar-refractivity contribution in [1.82, 2.24) is 40.1 Å².